The second kappa shape index (κ2) is 4.38. The van der Waals surface area contributed by atoms with Gasteiger partial charge in [0.1, 0.15) is 0 Å². The van der Waals surface area contributed by atoms with E-state index >= 15 is 0 Å². The number of rotatable bonds is 3. The molecule has 0 bridgehead atoms. The first-order chi connectivity index (χ1) is 6.65. The molecule has 0 saturated heterocycles. The first-order valence-electron chi connectivity index (χ1n) is 4.22. The Morgan fingerprint density at radius 3 is 2.86 bits per heavy atom. The molecule has 0 radical (unpaired) electrons. The number of hydrogen-bond acceptors (Lipinski definition) is 2. The molecule has 0 heterocycles. The molecule has 1 rings (SSSR count). The van der Waals surface area contributed by atoms with Gasteiger partial charge in [-0.1, -0.05) is 6.07 Å². The normalized spacial score (nSPS) is 9.43. The third kappa shape index (κ3) is 2.30. The van der Waals surface area contributed by atoms with Crippen molar-refractivity contribution >= 4 is 5.69 Å². The highest BCUT2D eigenvalue weighted by atomic mass is 16.6. The van der Waals surface area contributed by atoms with Gasteiger partial charge in [0, 0.05) is 18.6 Å². The predicted molar refractivity (Wildman–Crippen MR) is 53.0 cm³/mol. The summed E-state index contributed by atoms with van der Waals surface area (Å²) in [5, 5.41) is 10.5. The zero-order valence-electron chi connectivity index (χ0n) is 7.86. The summed E-state index contributed by atoms with van der Waals surface area (Å²) in [6.45, 7) is 8.92. The van der Waals surface area contributed by atoms with E-state index in [0.717, 1.165) is 11.1 Å². The largest absolute Gasteiger partial charge is 0.317 e. The Bertz CT molecular complexity index is 394. The van der Waals surface area contributed by atoms with Gasteiger partial charge in [-0.25, -0.2) is 6.57 Å². The van der Waals surface area contributed by atoms with Crippen LogP contribution < -0.4 is 0 Å². The first kappa shape index (κ1) is 10.2. The highest BCUT2D eigenvalue weighted by Crippen LogP contribution is 2.17. The van der Waals surface area contributed by atoms with Crippen molar-refractivity contribution in [1.82, 2.24) is 0 Å². The van der Waals surface area contributed by atoms with E-state index in [4.69, 9.17) is 6.57 Å². The number of nitro benzene ring substituents is 1. The van der Waals surface area contributed by atoms with Crippen LogP contribution in [-0.4, -0.2) is 11.5 Å². The molecular weight excluding hydrogens is 180 g/mol. The molecule has 0 aliphatic rings. The topological polar surface area (TPSA) is 47.5 Å². The lowest BCUT2D eigenvalue weighted by Gasteiger charge is -2.01. The number of aryl methyl sites for hydroxylation is 1. The van der Waals surface area contributed by atoms with Gasteiger partial charge in [-0.3, -0.25) is 10.1 Å². The lowest BCUT2D eigenvalue weighted by Crippen LogP contribution is -1.95. The molecule has 0 saturated carbocycles. The fraction of sp³-hybridized carbons (Fsp3) is 0.300. The van der Waals surface area contributed by atoms with Crippen LogP contribution in [0.15, 0.2) is 18.2 Å². The molecular formula is C10H10N2O2. The third-order valence-corrected chi connectivity index (χ3v) is 2.04. The minimum atomic E-state index is -0.416. The van der Waals surface area contributed by atoms with Crippen molar-refractivity contribution in [2.24, 2.45) is 0 Å². The van der Waals surface area contributed by atoms with Crippen LogP contribution >= 0.6 is 0 Å². The molecule has 0 N–H and O–H groups in total. The first-order valence-corrected chi connectivity index (χ1v) is 4.22. The SMILES string of the molecule is [C-]#[N+]CCc1cc([N+](=O)[O-])ccc1C. The number of benzene rings is 1. The summed E-state index contributed by atoms with van der Waals surface area (Å²) in [4.78, 5) is 13.3. The van der Waals surface area contributed by atoms with Crippen molar-refractivity contribution in [2.75, 3.05) is 6.54 Å². The molecule has 0 fully saturated rings. The Labute approximate surface area is 82.1 Å². The Kier molecular flexibility index (Phi) is 3.19. The summed E-state index contributed by atoms with van der Waals surface area (Å²) in [5.41, 5.74) is 1.98. The second-order valence-corrected chi connectivity index (χ2v) is 3.00. The molecule has 4 heteroatoms. The summed E-state index contributed by atoms with van der Waals surface area (Å²) in [6, 6.07) is 4.74. The maximum atomic E-state index is 10.5. The maximum Gasteiger partial charge on any atom is 0.269 e. The summed E-state index contributed by atoms with van der Waals surface area (Å²) in [7, 11) is 0. The minimum absolute atomic E-state index is 0.0931. The van der Waals surface area contributed by atoms with Gasteiger partial charge in [-0.15, -0.1) is 0 Å². The number of nitrogens with zero attached hydrogens (tertiary/aromatic N) is 2. The van der Waals surface area contributed by atoms with E-state index in [2.05, 4.69) is 4.85 Å². The molecule has 0 aliphatic heterocycles. The van der Waals surface area contributed by atoms with Crippen molar-refractivity contribution in [2.45, 2.75) is 13.3 Å². The molecule has 0 unspecified atom stereocenters. The fourth-order valence-corrected chi connectivity index (χ4v) is 1.22. The molecule has 4 nitrogen and oxygen atoms in total. The molecule has 0 aromatic heterocycles. The van der Waals surface area contributed by atoms with Crippen molar-refractivity contribution < 1.29 is 4.92 Å². The second-order valence-electron chi connectivity index (χ2n) is 3.00. The van der Waals surface area contributed by atoms with Crippen LogP contribution in [0.3, 0.4) is 0 Å². The average molecular weight is 190 g/mol. The fourth-order valence-electron chi connectivity index (χ4n) is 1.22. The highest BCUT2D eigenvalue weighted by Gasteiger charge is 2.08. The smallest absolute Gasteiger partial charge is 0.269 e. The van der Waals surface area contributed by atoms with Crippen LogP contribution in [0, 0.1) is 23.6 Å². The van der Waals surface area contributed by atoms with E-state index in [0.29, 0.717) is 13.0 Å². The Morgan fingerprint density at radius 2 is 2.29 bits per heavy atom. The van der Waals surface area contributed by atoms with Gasteiger partial charge in [-0.2, -0.15) is 0 Å². The molecule has 0 amide bonds. The molecule has 0 aliphatic carbocycles. The predicted octanol–water partition coefficient (Wildman–Crippen LogP) is 2.37. The van der Waals surface area contributed by atoms with E-state index in [1.807, 2.05) is 6.92 Å². The third-order valence-electron chi connectivity index (χ3n) is 2.04. The van der Waals surface area contributed by atoms with E-state index < -0.39 is 4.92 Å². The van der Waals surface area contributed by atoms with Gasteiger partial charge in [0.15, 0.2) is 0 Å². The molecule has 72 valence electrons. The minimum Gasteiger partial charge on any atom is -0.317 e. The number of non-ortho nitro benzene ring substituents is 1. The van der Waals surface area contributed by atoms with E-state index in [1.54, 1.807) is 12.1 Å². The Morgan fingerprint density at radius 1 is 1.57 bits per heavy atom. The van der Waals surface area contributed by atoms with Crippen molar-refractivity contribution in [3.63, 3.8) is 0 Å². The van der Waals surface area contributed by atoms with Gasteiger partial charge in [-0.05, 0) is 18.1 Å². The van der Waals surface area contributed by atoms with Gasteiger partial charge >= 0.3 is 0 Å². The zero-order chi connectivity index (χ0) is 10.6. The van der Waals surface area contributed by atoms with Crippen LogP contribution in [-0.2, 0) is 6.42 Å². The van der Waals surface area contributed by atoms with E-state index in [1.165, 1.54) is 6.07 Å². The zero-order valence-corrected chi connectivity index (χ0v) is 7.86. The average Bonchev–Trinajstić information content (AvgIpc) is 2.16. The number of hydrogen-bond donors (Lipinski definition) is 0. The lowest BCUT2D eigenvalue weighted by molar-refractivity contribution is -0.384. The number of nitro groups is 1. The lowest BCUT2D eigenvalue weighted by atomic mass is 10.1. The Balaban J connectivity index is 2.97. The summed E-state index contributed by atoms with van der Waals surface area (Å²) in [6.07, 6.45) is 0.580. The van der Waals surface area contributed by atoms with Crippen molar-refractivity contribution in [3.8, 4) is 0 Å². The van der Waals surface area contributed by atoms with Gasteiger partial charge in [0.2, 0.25) is 6.54 Å². The van der Waals surface area contributed by atoms with Crippen LogP contribution in [0.2, 0.25) is 0 Å². The Hall–Kier alpha value is -1.89. The standard InChI is InChI=1S/C10H10N2O2/c1-8-3-4-10(12(13)14)7-9(8)5-6-11-2/h3-4,7H,5-6H2,1H3. The van der Waals surface area contributed by atoms with Gasteiger partial charge in [0.05, 0.1) is 4.92 Å². The molecule has 0 spiro atoms. The van der Waals surface area contributed by atoms with Gasteiger partial charge in [0.25, 0.3) is 5.69 Å². The van der Waals surface area contributed by atoms with Crippen LogP contribution in [0.4, 0.5) is 5.69 Å². The van der Waals surface area contributed by atoms with E-state index in [-0.39, 0.29) is 5.69 Å². The maximum absolute atomic E-state index is 10.5. The molecule has 1 aromatic carbocycles. The molecule has 0 atom stereocenters. The summed E-state index contributed by atoms with van der Waals surface area (Å²) < 4.78 is 0. The monoisotopic (exact) mass is 190 g/mol. The van der Waals surface area contributed by atoms with Crippen LogP contribution in [0.25, 0.3) is 4.85 Å². The van der Waals surface area contributed by atoms with Crippen molar-refractivity contribution in [1.29, 1.82) is 0 Å². The van der Waals surface area contributed by atoms with E-state index in [9.17, 15) is 10.1 Å². The quantitative estimate of drug-likeness (QED) is 0.417. The van der Waals surface area contributed by atoms with Crippen LogP contribution in [0.5, 0.6) is 0 Å². The molecule has 1 aromatic rings. The van der Waals surface area contributed by atoms with Gasteiger partial charge < -0.3 is 4.85 Å². The van der Waals surface area contributed by atoms with Crippen molar-refractivity contribution in [3.05, 3.63) is 50.9 Å². The molecule has 14 heavy (non-hydrogen) atoms. The highest BCUT2D eigenvalue weighted by molar-refractivity contribution is 5.39. The van der Waals surface area contributed by atoms with Crippen LogP contribution in [0.1, 0.15) is 11.1 Å². The summed E-state index contributed by atoms with van der Waals surface area (Å²) >= 11 is 0. The summed E-state index contributed by atoms with van der Waals surface area (Å²) in [5.74, 6) is 0.